The Balaban J connectivity index is 2.06. The van der Waals surface area contributed by atoms with Crippen molar-refractivity contribution < 1.29 is 36.1 Å². The Kier molecular flexibility index (Phi) is 2.51. The minimum absolute atomic E-state index is 0.0576. The maximum atomic E-state index is 12.3. The van der Waals surface area contributed by atoms with E-state index >= 15 is 0 Å². The van der Waals surface area contributed by atoms with Gasteiger partial charge in [0, 0.05) is 11.1 Å². The molecule has 2 aliphatic carbocycles. The van der Waals surface area contributed by atoms with Gasteiger partial charge in [0.1, 0.15) is 0 Å². The average molecular weight is 313 g/mol. The lowest BCUT2D eigenvalue weighted by Gasteiger charge is -2.12. The highest BCUT2D eigenvalue weighted by Gasteiger charge is 2.51. The zero-order valence-corrected chi connectivity index (χ0v) is 10.7. The smallest absolute Gasteiger partial charge is 0.492 e. The summed E-state index contributed by atoms with van der Waals surface area (Å²) in [6.07, 6.45) is 2.17. The van der Waals surface area contributed by atoms with E-state index in [-0.39, 0.29) is 27.7 Å². The summed E-state index contributed by atoms with van der Waals surface area (Å²) < 4.78 is 62.4. The summed E-state index contributed by atoms with van der Waals surface area (Å²) >= 11 is 0. The van der Waals surface area contributed by atoms with Crippen molar-refractivity contribution in [3.05, 3.63) is 11.1 Å². The van der Waals surface area contributed by atoms with Gasteiger partial charge in [-0.25, -0.2) is 0 Å². The van der Waals surface area contributed by atoms with E-state index in [2.05, 4.69) is 4.28 Å². The third-order valence-electron chi connectivity index (χ3n) is 3.86. The lowest BCUT2D eigenvalue weighted by molar-refractivity contribution is -0.0554. The Hall–Kier alpha value is -1.58. The van der Waals surface area contributed by atoms with Crippen molar-refractivity contribution in [1.29, 1.82) is 0 Å². The average Bonchev–Trinajstić information content (AvgIpc) is 2.97. The van der Waals surface area contributed by atoms with Gasteiger partial charge >= 0.3 is 15.6 Å². The van der Waals surface area contributed by atoms with Crippen LogP contribution in [0.1, 0.15) is 42.2 Å². The van der Waals surface area contributed by atoms with Gasteiger partial charge in [0.25, 0.3) is 0 Å². The lowest BCUT2D eigenvalue weighted by Crippen LogP contribution is -2.32. The Labute approximate surface area is 111 Å². The lowest BCUT2D eigenvalue weighted by atomic mass is 9.95. The second-order valence-electron chi connectivity index (χ2n) is 4.95. The molecule has 2 N–H and O–H groups in total. The van der Waals surface area contributed by atoms with E-state index in [9.17, 15) is 31.8 Å². The minimum atomic E-state index is -5.95. The maximum absolute atomic E-state index is 12.3. The maximum Gasteiger partial charge on any atom is 0.536 e. The molecule has 1 aromatic heterocycles. The second-order valence-corrected chi connectivity index (χ2v) is 6.47. The fraction of sp³-hybridized carbons (Fsp3) is 0.600. The van der Waals surface area contributed by atoms with Crippen molar-refractivity contribution in [2.45, 2.75) is 36.6 Å². The van der Waals surface area contributed by atoms with Crippen LogP contribution in [0.3, 0.4) is 0 Å². The summed E-state index contributed by atoms with van der Waals surface area (Å²) in [5.41, 5.74) is -5.06. The molecule has 0 radical (unpaired) electrons. The fourth-order valence-corrected chi connectivity index (χ4v) is 3.50. The summed E-state index contributed by atoms with van der Waals surface area (Å²) in [5.74, 6) is -1.73. The summed E-state index contributed by atoms with van der Waals surface area (Å²) in [7, 11) is -5.95. The number of hydrogen-bond acceptors (Lipinski definition) is 5. The largest absolute Gasteiger partial charge is 0.536 e. The quantitative estimate of drug-likeness (QED) is 0.809. The Morgan fingerprint density at radius 3 is 1.95 bits per heavy atom. The molecule has 2 atom stereocenters. The highest BCUT2D eigenvalue weighted by atomic mass is 32.2. The number of aromatic hydroxyl groups is 2. The van der Waals surface area contributed by atoms with Crippen molar-refractivity contribution in [3.63, 3.8) is 0 Å². The number of fused-ring (bicyclic) bond motifs is 5. The first-order valence-corrected chi connectivity index (χ1v) is 7.22. The highest BCUT2D eigenvalue weighted by molar-refractivity contribution is 7.87. The number of halogens is 3. The molecule has 3 rings (SSSR count). The third kappa shape index (κ3) is 1.60. The first-order chi connectivity index (χ1) is 9.13. The molecule has 1 fully saturated rings. The normalized spacial score (nSPS) is 24.9. The van der Waals surface area contributed by atoms with Crippen LogP contribution in [-0.2, 0) is 10.1 Å². The van der Waals surface area contributed by atoms with E-state index in [1.54, 1.807) is 0 Å². The van der Waals surface area contributed by atoms with Gasteiger partial charge in [-0.15, -0.1) is 0 Å². The van der Waals surface area contributed by atoms with Crippen molar-refractivity contribution >= 4 is 10.1 Å². The molecule has 6 nitrogen and oxygen atoms in total. The number of aromatic nitrogens is 1. The molecule has 2 aliphatic rings. The SMILES string of the molecule is O=S(=O)(On1c(O)c2c(c1O)C1CCC2C1)C(F)(F)F. The van der Waals surface area contributed by atoms with Gasteiger partial charge in [-0.1, -0.05) is 4.73 Å². The molecule has 2 bridgehead atoms. The topological polar surface area (TPSA) is 88.8 Å². The van der Waals surface area contributed by atoms with Crippen molar-refractivity contribution in [2.24, 2.45) is 0 Å². The number of nitrogens with zero attached hydrogens (tertiary/aromatic N) is 1. The van der Waals surface area contributed by atoms with E-state index in [1.165, 1.54) is 0 Å². The van der Waals surface area contributed by atoms with E-state index in [0.29, 0.717) is 6.42 Å². The molecule has 112 valence electrons. The van der Waals surface area contributed by atoms with Gasteiger partial charge < -0.3 is 10.2 Å². The molecule has 0 aliphatic heterocycles. The van der Waals surface area contributed by atoms with Crippen LogP contribution in [0.2, 0.25) is 0 Å². The second kappa shape index (κ2) is 3.74. The molecule has 0 saturated heterocycles. The minimum Gasteiger partial charge on any atom is -0.492 e. The molecule has 20 heavy (non-hydrogen) atoms. The van der Waals surface area contributed by atoms with E-state index in [4.69, 9.17) is 0 Å². The van der Waals surface area contributed by atoms with Gasteiger partial charge in [0.05, 0.1) is 0 Å². The van der Waals surface area contributed by atoms with Crippen LogP contribution in [0.25, 0.3) is 0 Å². The van der Waals surface area contributed by atoms with Gasteiger partial charge in [0.2, 0.25) is 11.8 Å². The van der Waals surface area contributed by atoms with Crippen molar-refractivity contribution in [3.8, 4) is 11.8 Å². The Morgan fingerprint density at radius 1 is 1.10 bits per heavy atom. The van der Waals surface area contributed by atoms with Crippen LogP contribution in [0.15, 0.2) is 0 Å². The number of hydrogen-bond donors (Lipinski definition) is 2. The predicted molar refractivity (Wildman–Crippen MR) is 58.6 cm³/mol. The van der Waals surface area contributed by atoms with Crippen LogP contribution in [-0.4, -0.2) is 28.9 Å². The molecule has 2 unspecified atom stereocenters. The summed E-state index contributed by atoms with van der Waals surface area (Å²) in [5, 5.41) is 19.7. The van der Waals surface area contributed by atoms with Crippen LogP contribution in [0.5, 0.6) is 11.8 Å². The van der Waals surface area contributed by atoms with Crippen LogP contribution in [0, 0.1) is 0 Å². The molecule has 0 amide bonds. The van der Waals surface area contributed by atoms with Gasteiger partial charge in [-0.05, 0) is 31.1 Å². The van der Waals surface area contributed by atoms with Gasteiger partial charge in [0.15, 0.2) is 0 Å². The van der Waals surface area contributed by atoms with Crippen LogP contribution in [0.4, 0.5) is 13.2 Å². The van der Waals surface area contributed by atoms with E-state index in [1.807, 2.05) is 0 Å². The molecule has 10 heteroatoms. The standard InChI is InChI=1S/C10H10F3NO5S/c11-10(12,13)20(17,18)19-14-8(15)6-4-1-2-5(3-4)7(6)9(14)16/h4-5,15-16H,1-3H2. The predicted octanol–water partition coefficient (Wildman–Crippen LogP) is 1.54. The zero-order valence-electron chi connectivity index (χ0n) is 9.88. The van der Waals surface area contributed by atoms with Crippen molar-refractivity contribution in [2.75, 3.05) is 0 Å². The summed E-state index contributed by atoms with van der Waals surface area (Å²) in [6.45, 7) is 0. The van der Waals surface area contributed by atoms with Crippen LogP contribution >= 0.6 is 0 Å². The monoisotopic (exact) mass is 313 g/mol. The molecule has 1 heterocycles. The molecule has 1 saturated carbocycles. The Morgan fingerprint density at radius 2 is 1.55 bits per heavy atom. The number of alkyl halides is 3. The molecule has 1 aromatic rings. The molecular weight excluding hydrogens is 303 g/mol. The van der Waals surface area contributed by atoms with Gasteiger partial charge in [-0.2, -0.15) is 21.6 Å². The summed E-state index contributed by atoms with van der Waals surface area (Å²) in [4.78, 5) is 0. The van der Waals surface area contributed by atoms with E-state index < -0.39 is 27.4 Å². The van der Waals surface area contributed by atoms with Crippen LogP contribution < -0.4 is 4.28 Å². The first kappa shape index (κ1) is 13.4. The fourth-order valence-electron chi connectivity index (χ4n) is 3.08. The molecule has 0 spiro atoms. The molecular formula is C10H10F3NO5S. The third-order valence-corrected chi connectivity index (χ3v) is 4.77. The first-order valence-electron chi connectivity index (χ1n) is 5.81. The van der Waals surface area contributed by atoms with E-state index in [0.717, 1.165) is 12.8 Å². The van der Waals surface area contributed by atoms with Crippen molar-refractivity contribution in [1.82, 2.24) is 4.73 Å². The molecule has 0 aromatic carbocycles. The summed E-state index contributed by atoms with van der Waals surface area (Å²) in [6, 6.07) is 0. The number of rotatable bonds is 2. The van der Waals surface area contributed by atoms with Gasteiger partial charge in [-0.3, -0.25) is 4.28 Å². The Bertz CT molecular complexity index is 645. The zero-order chi connectivity index (χ0) is 14.9. The highest BCUT2D eigenvalue weighted by Crippen LogP contribution is 2.59.